The number of thiophene rings is 1. The molecule has 0 aliphatic rings. The van der Waals surface area contributed by atoms with E-state index in [2.05, 4.69) is 9.71 Å². The Bertz CT molecular complexity index is 1670. The molecule has 2 aromatic carbocycles. The zero-order valence-corrected chi connectivity index (χ0v) is 22.1. The summed E-state index contributed by atoms with van der Waals surface area (Å²) in [6, 6.07) is 20.7. The van der Waals surface area contributed by atoms with Gasteiger partial charge < -0.3 is 14.3 Å². The Labute approximate surface area is 223 Å². The van der Waals surface area contributed by atoms with Crippen molar-refractivity contribution in [1.82, 2.24) is 14.6 Å². The van der Waals surface area contributed by atoms with E-state index in [4.69, 9.17) is 4.42 Å². The third-order valence-electron chi connectivity index (χ3n) is 6.10. The highest BCUT2D eigenvalue weighted by Gasteiger charge is 2.31. The number of furan rings is 1. The van der Waals surface area contributed by atoms with E-state index in [1.807, 2.05) is 36.6 Å². The van der Waals surface area contributed by atoms with Crippen molar-refractivity contribution >= 4 is 38.2 Å². The molecular formula is C28H25N3O5S2. The number of hydrogen-bond acceptors (Lipinski definition) is 6. The smallest absolute Gasteiger partial charge is 0.248 e. The SMILES string of the molecule is Cc1ccc(C(NS(=O)(=O)c2ccc3[nH]c(=O)ccc3c2)C(=O)N(Cc2ccco2)Cc2cccs2)cc1. The zero-order valence-electron chi connectivity index (χ0n) is 20.5. The van der Waals surface area contributed by atoms with Gasteiger partial charge in [-0.1, -0.05) is 35.9 Å². The third-order valence-corrected chi connectivity index (χ3v) is 8.38. The maximum atomic E-state index is 14.1. The number of sulfonamides is 1. The van der Waals surface area contributed by atoms with Crippen molar-refractivity contribution in [2.75, 3.05) is 0 Å². The summed E-state index contributed by atoms with van der Waals surface area (Å²) in [7, 11) is -4.13. The van der Waals surface area contributed by atoms with Crippen LogP contribution < -0.4 is 10.3 Å². The van der Waals surface area contributed by atoms with E-state index in [9.17, 15) is 18.0 Å². The van der Waals surface area contributed by atoms with Gasteiger partial charge in [-0.15, -0.1) is 11.3 Å². The molecule has 10 heteroatoms. The Morgan fingerprint density at radius 1 is 1.03 bits per heavy atom. The van der Waals surface area contributed by atoms with E-state index in [1.54, 1.807) is 35.2 Å². The topological polar surface area (TPSA) is 112 Å². The maximum Gasteiger partial charge on any atom is 0.248 e. The molecule has 8 nitrogen and oxygen atoms in total. The molecule has 1 amide bonds. The molecule has 0 spiro atoms. The average molecular weight is 548 g/mol. The van der Waals surface area contributed by atoms with E-state index in [0.29, 0.717) is 28.8 Å². The number of aromatic nitrogens is 1. The Kier molecular flexibility index (Phi) is 7.28. The first kappa shape index (κ1) is 25.7. The lowest BCUT2D eigenvalue weighted by atomic mass is 10.0. The van der Waals surface area contributed by atoms with Crippen molar-refractivity contribution in [3.05, 3.63) is 123 Å². The van der Waals surface area contributed by atoms with Crippen molar-refractivity contribution in [2.45, 2.75) is 31.0 Å². The molecule has 0 bridgehead atoms. The number of nitrogens with one attached hydrogen (secondary N) is 2. The largest absolute Gasteiger partial charge is 0.467 e. The van der Waals surface area contributed by atoms with Crippen molar-refractivity contribution in [2.24, 2.45) is 0 Å². The number of aryl methyl sites for hydroxylation is 1. The zero-order chi connectivity index (χ0) is 26.7. The molecule has 5 rings (SSSR count). The first-order valence-electron chi connectivity index (χ1n) is 11.8. The second-order valence-electron chi connectivity index (χ2n) is 8.89. The van der Waals surface area contributed by atoms with Crippen molar-refractivity contribution in [1.29, 1.82) is 0 Å². The van der Waals surface area contributed by atoms with Gasteiger partial charge in [0.05, 0.1) is 24.2 Å². The molecule has 0 saturated carbocycles. The van der Waals surface area contributed by atoms with Crippen LogP contribution in [0.3, 0.4) is 0 Å². The minimum Gasteiger partial charge on any atom is -0.467 e. The summed E-state index contributed by atoms with van der Waals surface area (Å²) in [6.07, 6.45) is 1.54. The van der Waals surface area contributed by atoms with Crippen LogP contribution in [-0.4, -0.2) is 24.2 Å². The molecule has 0 saturated heterocycles. The first-order valence-corrected chi connectivity index (χ1v) is 14.2. The van der Waals surface area contributed by atoms with E-state index in [-0.39, 0.29) is 17.0 Å². The number of pyridine rings is 1. The van der Waals surface area contributed by atoms with Gasteiger partial charge in [0, 0.05) is 16.5 Å². The lowest BCUT2D eigenvalue weighted by Gasteiger charge is -2.27. The van der Waals surface area contributed by atoms with Crippen LogP contribution in [0.4, 0.5) is 0 Å². The molecule has 38 heavy (non-hydrogen) atoms. The molecule has 194 valence electrons. The second-order valence-corrected chi connectivity index (χ2v) is 11.6. The Morgan fingerprint density at radius 3 is 2.55 bits per heavy atom. The summed E-state index contributed by atoms with van der Waals surface area (Å²) in [5.74, 6) is 0.177. The predicted octanol–water partition coefficient (Wildman–Crippen LogP) is 4.74. The number of rotatable bonds is 9. The van der Waals surface area contributed by atoms with Gasteiger partial charge in [0.15, 0.2) is 0 Å². The molecule has 0 radical (unpaired) electrons. The molecule has 2 N–H and O–H groups in total. The van der Waals surface area contributed by atoms with Gasteiger partial charge in [-0.3, -0.25) is 9.59 Å². The van der Waals surface area contributed by atoms with Gasteiger partial charge in [0.2, 0.25) is 21.5 Å². The summed E-state index contributed by atoms with van der Waals surface area (Å²) < 4.78 is 35.3. The van der Waals surface area contributed by atoms with Crippen LogP contribution in [0.1, 0.15) is 27.8 Å². The number of aromatic amines is 1. The van der Waals surface area contributed by atoms with Crippen LogP contribution in [-0.2, 0) is 27.9 Å². The number of H-pyrrole nitrogens is 1. The number of benzene rings is 2. The van der Waals surface area contributed by atoms with E-state index in [1.165, 1.54) is 41.9 Å². The van der Waals surface area contributed by atoms with Gasteiger partial charge in [0.1, 0.15) is 11.8 Å². The van der Waals surface area contributed by atoms with Crippen molar-refractivity contribution in [3.63, 3.8) is 0 Å². The highest BCUT2D eigenvalue weighted by atomic mass is 32.2. The second kappa shape index (κ2) is 10.8. The molecule has 0 fully saturated rings. The molecule has 1 unspecified atom stereocenters. The summed E-state index contributed by atoms with van der Waals surface area (Å²) >= 11 is 1.51. The number of carbonyl (C=O) groups excluding carboxylic acids is 1. The summed E-state index contributed by atoms with van der Waals surface area (Å²) in [5.41, 5.74) is 1.74. The minimum atomic E-state index is -4.13. The predicted molar refractivity (Wildman–Crippen MR) is 146 cm³/mol. The van der Waals surface area contributed by atoms with Gasteiger partial charge in [-0.05, 0) is 65.7 Å². The normalized spacial score (nSPS) is 12.4. The molecule has 0 aliphatic carbocycles. The highest BCUT2D eigenvalue weighted by Crippen LogP contribution is 2.25. The monoisotopic (exact) mass is 547 g/mol. The highest BCUT2D eigenvalue weighted by molar-refractivity contribution is 7.89. The van der Waals surface area contributed by atoms with E-state index < -0.39 is 22.0 Å². The first-order chi connectivity index (χ1) is 18.3. The lowest BCUT2D eigenvalue weighted by Crippen LogP contribution is -2.42. The molecule has 3 heterocycles. The maximum absolute atomic E-state index is 14.1. The van der Waals surface area contributed by atoms with Crippen LogP contribution in [0.15, 0.2) is 105 Å². The summed E-state index contributed by atoms with van der Waals surface area (Å²) in [4.78, 5) is 30.9. The number of fused-ring (bicyclic) bond motifs is 1. The molecule has 3 aromatic heterocycles. The standard InChI is InChI=1S/C28H25N3O5S2/c1-19-6-8-20(9-7-19)27(28(33)31(17-22-4-2-14-36-22)18-23-5-3-15-37-23)30-38(34,35)24-11-12-25-21(16-24)10-13-26(32)29-25/h2-16,27,30H,17-18H2,1H3,(H,29,32). The molecular weight excluding hydrogens is 522 g/mol. The van der Waals surface area contributed by atoms with Crippen LogP contribution in [0.2, 0.25) is 0 Å². The van der Waals surface area contributed by atoms with Crippen molar-refractivity contribution < 1.29 is 17.6 Å². The average Bonchev–Trinajstić information content (AvgIpc) is 3.61. The van der Waals surface area contributed by atoms with Crippen molar-refractivity contribution in [3.8, 4) is 0 Å². The fraction of sp³-hybridized carbons (Fsp3) is 0.143. The quantitative estimate of drug-likeness (QED) is 0.277. The third kappa shape index (κ3) is 5.77. The fourth-order valence-corrected chi connectivity index (χ4v) is 6.05. The van der Waals surface area contributed by atoms with Crippen LogP contribution >= 0.6 is 11.3 Å². The van der Waals surface area contributed by atoms with Gasteiger partial charge in [0.25, 0.3) is 0 Å². The summed E-state index contributed by atoms with van der Waals surface area (Å²) in [5, 5.41) is 2.49. The van der Waals surface area contributed by atoms with Gasteiger partial charge in [-0.25, -0.2) is 8.42 Å². The van der Waals surface area contributed by atoms with Crippen LogP contribution in [0.5, 0.6) is 0 Å². The van der Waals surface area contributed by atoms with Crippen LogP contribution in [0.25, 0.3) is 10.9 Å². The molecule has 5 aromatic rings. The number of nitrogens with zero attached hydrogens (tertiary/aromatic N) is 1. The van der Waals surface area contributed by atoms with Gasteiger partial charge in [-0.2, -0.15) is 4.72 Å². The number of carbonyl (C=O) groups is 1. The summed E-state index contributed by atoms with van der Waals surface area (Å²) in [6.45, 7) is 2.39. The van der Waals surface area contributed by atoms with Gasteiger partial charge >= 0.3 is 0 Å². The number of amides is 1. The Hall–Kier alpha value is -3.99. The molecule has 1 atom stereocenters. The Balaban J connectivity index is 1.52. The minimum absolute atomic E-state index is 0.0159. The fourth-order valence-electron chi connectivity index (χ4n) is 4.12. The van der Waals surface area contributed by atoms with E-state index in [0.717, 1.165) is 10.4 Å². The molecule has 0 aliphatic heterocycles. The Morgan fingerprint density at radius 2 is 1.84 bits per heavy atom. The number of hydrogen-bond donors (Lipinski definition) is 2. The lowest BCUT2D eigenvalue weighted by molar-refractivity contribution is -0.134. The van der Waals surface area contributed by atoms with Crippen LogP contribution in [0, 0.1) is 6.92 Å². The van der Waals surface area contributed by atoms with E-state index >= 15 is 0 Å².